The fourth-order valence-electron chi connectivity index (χ4n) is 2.34. The molecule has 5 heteroatoms. The van der Waals surface area contributed by atoms with Crippen LogP contribution in [0.4, 0.5) is 0 Å². The van der Waals surface area contributed by atoms with Gasteiger partial charge in [-0.25, -0.2) is 0 Å². The molecule has 0 saturated carbocycles. The van der Waals surface area contributed by atoms with Gasteiger partial charge in [0.15, 0.2) is 0 Å². The quantitative estimate of drug-likeness (QED) is 0.756. The Morgan fingerprint density at radius 3 is 2.56 bits per heavy atom. The van der Waals surface area contributed by atoms with Crippen molar-refractivity contribution in [1.82, 2.24) is 10.6 Å². The number of carbonyl (C=O) groups is 2. The Morgan fingerprint density at radius 2 is 1.88 bits per heavy atom. The van der Waals surface area contributed by atoms with E-state index < -0.39 is 0 Å². The SMILES string of the molecule is CCC(C)NC(=O)c1cccc(CNC(=O)c2ccc(C)cc2O)c1. The molecule has 1 atom stereocenters. The minimum Gasteiger partial charge on any atom is -0.507 e. The van der Waals surface area contributed by atoms with Crippen molar-refractivity contribution >= 4 is 11.8 Å². The predicted octanol–water partition coefficient (Wildman–Crippen LogP) is 3.16. The third-order valence-electron chi connectivity index (χ3n) is 4.03. The van der Waals surface area contributed by atoms with Crippen LogP contribution in [-0.4, -0.2) is 23.0 Å². The van der Waals surface area contributed by atoms with Crippen molar-refractivity contribution in [2.24, 2.45) is 0 Å². The molecule has 2 aromatic carbocycles. The van der Waals surface area contributed by atoms with Crippen molar-refractivity contribution in [1.29, 1.82) is 0 Å². The van der Waals surface area contributed by atoms with Crippen LogP contribution in [0.2, 0.25) is 0 Å². The zero-order valence-electron chi connectivity index (χ0n) is 14.8. The molecule has 132 valence electrons. The summed E-state index contributed by atoms with van der Waals surface area (Å²) in [7, 11) is 0. The van der Waals surface area contributed by atoms with Crippen molar-refractivity contribution in [3.8, 4) is 5.75 Å². The van der Waals surface area contributed by atoms with Crippen LogP contribution >= 0.6 is 0 Å². The van der Waals surface area contributed by atoms with E-state index in [0.717, 1.165) is 17.5 Å². The molecule has 0 fully saturated rings. The van der Waals surface area contributed by atoms with Gasteiger partial charge in [-0.05, 0) is 55.7 Å². The number of hydrogen-bond donors (Lipinski definition) is 3. The second-order valence-electron chi connectivity index (χ2n) is 6.19. The number of amides is 2. The summed E-state index contributed by atoms with van der Waals surface area (Å²) < 4.78 is 0. The van der Waals surface area contributed by atoms with Crippen molar-refractivity contribution in [2.75, 3.05) is 0 Å². The molecule has 0 radical (unpaired) electrons. The number of phenolic OH excluding ortho intramolecular Hbond substituents is 1. The Bertz CT molecular complexity index is 771. The number of nitrogens with one attached hydrogen (secondary N) is 2. The number of phenols is 1. The highest BCUT2D eigenvalue weighted by Gasteiger charge is 2.12. The molecule has 3 N–H and O–H groups in total. The zero-order chi connectivity index (χ0) is 18.4. The van der Waals surface area contributed by atoms with Crippen LogP contribution in [0.3, 0.4) is 0 Å². The molecule has 1 unspecified atom stereocenters. The lowest BCUT2D eigenvalue weighted by atomic mass is 10.1. The Labute approximate surface area is 148 Å². The molecule has 2 amide bonds. The Morgan fingerprint density at radius 1 is 1.12 bits per heavy atom. The smallest absolute Gasteiger partial charge is 0.255 e. The number of hydrogen-bond acceptors (Lipinski definition) is 3. The highest BCUT2D eigenvalue weighted by molar-refractivity contribution is 5.97. The number of benzene rings is 2. The van der Waals surface area contributed by atoms with Gasteiger partial charge in [-0.3, -0.25) is 9.59 Å². The third-order valence-corrected chi connectivity index (χ3v) is 4.03. The molecule has 0 aliphatic rings. The van der Waals surface area contributed by atoms with Crippen molar-refractivity contribution in [2.45, 2.75) is 39.8 Å². The first-order chi connectivity index (χ1) is 11.9. The van der Waals surface area contributed by atoms with Crippen LogP contribution in [0.1, 0.15) is 52.1 Å². The summed E-state index contributed by atoms with van der Waals surface area (Å²) in [6.07, 6.45) is 0.863. The molecule has 0 saturated heterocycles. The van der Waals surface area contributed by atoms with Crippen LogP contribution < -0.4 is 10.6 Å². The van der Waals surface area contributed by atoms with Gasteiger partial charge in [0.05, 0.1) is 5.56 Å². The number of aromatic hydroxyl groups is 1. The highest BCUT2D eigenvalue weighted by Crippen LogP contribution is 2.18. The first-order valence-electron chi connectivity index (χ1n) is 8.38. The number of carbonyl (C=O) groups excluding carboxylic acids is 2. The summed E-state index contributed by atoms with van der Waals surface area (Å²) in [4.78, 5) is 24.4. The van der Waals surface area contributed by atoms with E-state index in [9.17, 15) is 14.7 Å². The molecule has 0 aromatic heterocycles. The van der Waals surface area contributed by atoms with Gasteiger partial charge in [0.25, 0.3) is 11.8 Å². The van der Waals surface area contributed by atoms with Crippen LogP contribution in [0.25, 0.3) is 0 Å². The van der Waals surface area contributed by atoms with Gasteiger partial charge < -0.3 is 15.7 Å². The average molecular weight is 340 g/mol. The standard InChI is InChI=1S/C20H24N2O3/c1-4-14(3)22-19(24)16-7-5-6-15(11-16)12-21-20(25)17-9-8-13(2)10-18(17)23/h5-11,14,23H,4,12H2,1-3H3,(H,21,25)(H,22,24). The third kappa shape index (κ3) is 5.08. The Hall–Kier alpha value is -2.82. The van der Waals surface area contributed by atoms with Crippen molar-refractivity contribution < 1.29 is 14.7 Å². The average Bonchev–Trinajstić information content (AvgIpc) is 2.59. The molecular weight excluding hydrogens is 316 g/mol. The fraction of sp³-hybridized carbons (Fsp3) is 0.300. The molecule has 0 heterocycles. The largest absolute Gasteiger partial charge is 0.507 e. The first kappa shape index (κ1) is 18.5. The summed E-state index contributed by atoms with van der Waals surface area (Å²) in [6.45, 7) is 6.08. The highest BCUT2D eigenvalue weighted by atomic mass is 16.3. The summed E-state index contributed by atoms with van der Waals surface area (Å²) in [5.74, 6) is -0.523. The van der Waals surface area contributed by atoms with E-state index in [-0.39, 0.29) is 35.7 Å². The van der Waals surface area contributed by atoms with Crippen LogP contribution in [0.15, 0.2) is 42.5 Å². The lowest BCUT2D eigenvalue weighted by molar-refractivity contribution is 0.0936. The Kier molecular flexibility index (Phi) is 6.17. The van der Waals surface area contributed by atoms with Gasteiger partial charge in [0.2, 0.25) is 0 Å². The van der Waals surface area contributed by atoms with Crippen LogP contribution in [0.5, 0.6) is 5.75 Å². The van der Waals surface area contributed by atoms with Crippen molar-refractivity contribution in [3.05, 3.63) is 64.7 Å². The molecule has 0 aliphatic carbocycles. The molecule has 2 rings (SSSR count). The fourth-order valence-corrected chi connectivity index (χ4v) is 2.34. The molecule has 0 aliphatic heterocycles. The summed E-state index contributed by atoms with van der Waals surface area (Å²) in [6, 6.07) is 12.2. The molecule has 2 aromatic rings. The van der Waals surface area contributed by atoms with Gasteiger partial charge in [0.1, 0.15) is 5.75 Å². The molecular formula is C20H24N2O3. The minimum absolute atomic E-state index is 0.0424. The molecule has 25 heavy (non-hydrogen) atoms. The number of rotatable bonds is 6. The maximum atomic E-state index is 12.2. The molecule has 0 spiro atoms. The lowest BCUT2D eigenvalue weighted by Gasteiger charge is -2.12. The van der Waals surface area contributed by atoms with E-state index in [2.05, 4.69) is 10.6 Å². The second kappa shape index (κ2) is 8.33. The van der Waals surface area contributed by atoms with Gasteiger partial charge in [-0.1, -0.05) is 25.1 Å². The number of aryl methyl sites for hydroxylation is 1. The topological polar surface area (TPSA) is 78.4 Å². The van der Waals surface area contributed by atoms with E-state index in [1.54, 1.807) is 36.4 Å². The Balaban J connectivity index is 2.02. The summed E-state index contributed by atoms with van der Waals surface area (Å²) in [5, 5.41) is 15.5. The van der Waals surface area contributed by atoms with Gasteiger partial charge in [-0.15, -0.1) is 0 Å². The maximum Gasteiger partial charge on any atom is 0.255 e. The zero-order valence-corrected chi connectivity index (χ0v) is 14.8. The van der Waals surface area contributed by atoms with Gasteiger partial charge in [0, 0.05) is 18.2 Å². The van der Waals surface area contributed by atoms with Gasteiger partial charge >= 0.3 is 0 Å². The predicted molar refractivity (Wildman–Crippen MR) is 97.7 cm³/mol. The second-order valence-corrected chi connectivity index (χ2v) is 6.19. The van der Waals surface area contributed by atoms with E-state index >= 15 is 0 Å². The van der Waals surface area contributed by atoms with Crippen LogP contribution in [0, 0.1) is 6.92 Å². The maximum absolute atomic E-state index is 12.2. The normalized spacial score (nSPS) is 11.6. The van der Waals surface area contributed by atoms with E-state index in [0.29, 0.717) is 5.56 Å². The van der Waals surface area contributed by atoms with Crippen LogP contribution in [-0.2, 0) is 6.54 Å². The first-order valence-corrected chi connectivity index (χ1v) is 8.38. The van der Waals surface area contributed by atoms with Crippen molar-refractivity contribution in [3.63, 3.8) is 0 Å². The van der Waals surface area contributed by atoms with E-state index in [1.807, 2.05) is 26.8 Å². The van der Waals surface area contributed by atoms with E-state index in [4.69, 9.17) is 0 Å². The van der Waals surface area contributed by atoms with E-state index in [1.165, 1.54) is 0 Å². The molecule has 0 bridgehead atoms. The lowest BCUT2D eigenvalue weighted by Crippen LogP contribution is -2.32. The monoisotopic (exact) mass is 340 g/mol. The molecule has 5 nitrogen and oxygen atoms in total. The summed E-state index contributed by atoms with van der Waals surface area (Å²) in [5.41, 5.74) is 2.49. The minimum atomic E-state index is -0.355. The summed E-state index contributed by atoms with van der Waals surface area (Å²) >= 11 is 0. The van der Waals surface area contributed by atoms with Gasteiger partial charge in [-0.2, -0.15) is 0 Å².